The van der Waals surface area contributed by atoms with E-state index in [1.807, 2.05) is 13.8 Å². The molecule has 9 heteroatoms. The van der Waals surface area contributed by atoms with Gasteiger partial charge >= 0.3 is 0 Å². The maximum Gasteiger partial charge on any atom is 0.274 e. The molecule has 30 heavy (non-hydrogen) atoms. The number of benzene rings is 1. The minimum absolute atomic E-state index is 0.207. The van der Waals surface area contributed by atoms with E-state index in [-0.39, 0.29) is 16.3 Å². The van der Waals surface area contributed by atoms with Crippen LogP contribution in [-0.2, 0) is 10.3 Å². The first-order valence-electron chi connectivity index (χ1n) is 9.32. The number of aliphatic imine (C=N–C) groups is 1. The third-order valence-corrected chi connectivity index (χ3v) is 6.21. The highest BCUT2D eigenvalue weighted by atomic mass is 35.5. The van der Waals surface area contributed by atoms with E-state index in [2.05, 4.69) is 15.3 Å². The van der Waals surface area contributed by atoms with Gasteiger partial charge in [0.1, 0.15) is 11.5 Å². The van der Waals surface area contributed by atoms with Crippen LogP contribution in [0.5, 0.6) is 0 Å². The number of methoxy groups -OCH3 is 1. The van der Waals surface area contributed by atoms with Crippen LogP contribution in [0, 0.1) is 12.7 Å². The lowest BCUT2D eigenvalue weighted by Crippen LogP contribution is -2.43. The molecule has 0 aliphatic carbocycles. The van der Waals surface area contributed by atoms with Crippen molar-refractivity contribution >= 4 is 40.1 Å². The fourth-order valence-electron chi connectivity index (χ4n) is 3.80. The largest absolute Gasteiger partial charge is 0.383 e. The summed E-state index contributed by atoms with van der Waals surface area (Å²) in [5, 5.41) is 3.59. The lowest BCUT2D eigenvalue weighted by atomic mass is 9.82. The van der Waals surface area contributed by atoms with Crippen molar-refractivity contribution in [2.45, 2.75) is 37.5 Å². The molecule has 0 unspecified atom stereocenters. The monoisotopic (exact) mass is 450 g/mol. The van der Waals surface area contributed by atoms with Crippen LogP contribution in [0.2, 0.25) is 5.02 Å². The number of anilines is 1. The molecule has 0 saturated carbocycles. The molecule has 0 saturated heterocycles. The Kier molecular flexibility index (Phi) is 6.40. The molecule has 1 aromatic heterocycles. The number of nitrogens with zero attached hydrogens (tertiary/aromatic N) is 2. The molecule has 160 valence electrons. The number of ether oxygens (including phenoxy) is 1. The van der Waals surface area contributed by atoms with E-state index in [0.29, 0.717) is 40.0 Å². The highest BCUT2D eigenvalue weighted by molar-refractivity contribution is 8.15. The Balaban J connectivity index is 1.97. The number of hydrogen-bond donors (Lipinski definition) is 2. The van der Waals surface area contributed by atoms with E-state index in [0.717, 1.165) is 0 Å². The molecule has 1 aromatic carbocycles. The third-order valence-electron chi connectivity index (χ3n) is 4.93. The van der Waals surface area contributed by atoms with E-state index in [1.54, 1.807) is 32.2 Å². The number of aryl methyl sites for hydroxylation is 1. The van der Waals surface area contributed by atoms with Crippen molar-refractivity contribution < 1.29 is 13.9 Å². The van der Waals surface area contributed by atoms with Gasteiger partial charge in [0.15, 0.2) is 5.17 Å². The van der Waals surface area contributed by atoms with Gasteiger partial charge in [-0.2, -0.15) is 0 Å². The molecule has 0 spiro atoms. The normalized spacial score (nSPS) is 23.7. The molecule has 2 atom stereocenters. The Morgan fingerprint density at radius 3 is 2.77 bits per heavy atom. The van der Waals surface area contributed by atoms with Crippen molar-refractivity contribution in [3.05, 3.63) is 58.1 Å². The topological polar surface area (TPSA) is 89.6 Å². The number of aromatic nitrogens is 1. The number of nitrogens with one attached hydrogen (secondary N) is 1. The van der Waals surface area contributed by atoms with Gasteiger partial charge in [0, 0.05) is 29.3 Å². The van der Waals surface area contributed by atoms with Crippen LogP contribution in [-0.4, -0.2) is 34.5 Å². The van der Waals surface area contributed by atoms with Gasteiger partial charge in [0.25, 0.3) is 5.91 Å². The van der Waals surface area contributed by atoms with Gasteiger partial charge in [-0.25, -0.2) is 9.37 Å². The lowest BCUT2D eigenvalue weighted by molar-refractivity contribution is 0.102. The zero-order valence-corrected chi connectivity index (χ0v) is 18.8. The summed E-state index contributed by atoms with van der Waals surface area (Å²) in [5.41, 5.74) is 6.61. The second kappa shape index (κ2) is 8.53. The smallest absolute Gasteiger partial charge is 0.274 e. The van der Waals surface area contributed by atoms with Crippen molar-refractivity contribution in [1.82, 2.24) is 4.98 Å². The fourth-order valence-corrected chi connectivity index (χ4v) is 5.20. The summed E-state index contributed by atoms with van der Waals surface area (Å²) in [6, 6.07) is 6.29. The number of amidine groups is 1. The molecule has 6 nitrogen and oxygen atoms in total. The van der Waals surface area contributed by atoms with Gasteiger partial charge < -0.3 is 15.8 Å². The minimum Gasteiger partial charge on any atom is -0.383 e. The second-order valence-electron chi connectivity index (χ2n) is 7.86. The predicted octanol–water partition coefficient (Wildman–Crippen LogP) is 4.51. The van der Waals surface area contributed by atoms with E-state index in [9.17, 15) is 4.79 Å². The molecule has 1 aliphatic rings. The lowest BCUT2D eigenvalue weighted by Gasteiger charge is -2.41. The summed E-state index contributed by atoms with van der Waals surface area (Å²) in [7, 11) is 1.62. The molecule has 2 aromatic rings. The number of thioether (sulfide) groups is 1. The first-order valence-corrected chi connectivity index (χ1v) is 10.5. The number of amides is 1. The van der Waals surface area contributed by atoms with Crippen LogP contribution >= 0.6 is 23.4 Å². The van der Waals surface area contributed by atoms with Crippen LogP contribution in [0.3, 0.4) is 0 Å². The van der Waals surface area contributed by atoms with Crippen molar-refractivity contribution in [3.8, 4) is 0 Å². The number of pyridine rings is 1. The Labute approximate surface area is 184 Å². The highest BCUT2D eigenvalue weighted by Crippen LogP contribution is 2.46. The van der Waals surface area contributed by atoms with Gasteiger partial charge in [0.05, 0.1) is 17.2 Å². The van der Waals surface area contributed by atoms with Gasteiger partial charge in [0.2, 0.25) is 0 Å². The maximum atomic E-state index is 15.2. The summed E-state index contributed by atoms with van der Waals surface area (Å²) in [4.78, 5) is 21.1. The van der Waals surface area contributed by atoms with Crippen molar-refractivity contribution in [2.24, 2.45) is 10.7 Å². The average molecular weight is 451 g/mol. The molecule has 3 rings (SSSR count). The maximum absolute atomic E-state index is 15.2. The number of carbonyl (C=O) groups excluding carboxylic acids is 1. The Hall–Kier alpha value is -2.16. The van der Waals surface area contributed by atoms with Crippen LogP contribution in [0.1, 0.15) is 41.9 Å². The van der Waals surface area contributed by atoms with Crippen LogP contribution < -0.4 is 11.1 Å². The Bertz CT molecular complexity index is 1000. The van der Waals surface area contributed by atoms with E-state index >= 15 is 4.39 Å². The summed E-state index contributed by atoms with van der Waals surface area (Å²) in [6.07, 6.45) is 1.92. The highest BCUT2D eigenvalue weighted by Gasteiger charge is 2.43. The van der Waals surface area contributed by atoms with Gasteiger partial charge in [-0.15, -0.1) is 0 Å². The molecular weight excluding hydrogens is 427 g/mol. The summed E-state index contributed by atoms with van der Waals surface area (Å²) in [6.45, 7) is 5.96. The fraction of sp³-hybridized carbons (Fsp3) is 0.381. The number of halogens is 2. The molecule has 1 amide bonds. The van der Waals surface area contributed by atoms with Gasteiger partial charge in [-0.05, 0) is 57.0 Å². The first kappa shape index (κ1) is 22.5. The van der Waals surface area contributed by atoms with E-state index in [4.69, 9.17) is 22.1 Å². The standard InChI is InChI=1S/C21H24ClFN4O2S/c1-12-7-14(26-18(28)16-6-5-13(22)9-25-16)8-15(17(12)23)21(3)10-20(2,11-29-4)30-19(24)27-21/h5-9H,10-11H2,1-4H3,(H2,24,27)(H,26,28)/t20-,21+/m1/s1. The van der Waals surface area contributed by atoms with Crippen molar-refractivity contribution in [1.29, 1.82) is 0 Å². The van der Waals surface area contributed by atoms with Crippen LogP contribution in [0.4, 0.5) is 10.1 Å². The van der Waals surface area contributed by atoms with Crippen LogP contribution in [0.25, 0.3) is 0 Å². The molecule has 0 fully saturated rings. The molecule has 0 bridgehead atoms. The molecule has 3 N–H and O–H groups in total. The zero-order chi connectivity index (χ0) is 22.1. The number of carbonyl (C=O) groups is 1. The Morgan fingerprint density at radius 2 is 2.13 bits per heavy atom. The predicted molar refractivity (Wildman–Crippen MR) is 120 cm³/mol. The number of rotatable bonds is 5. The quantitative estimate of drug-likeness (QED) is 0.699. The molecule has 1 aliphatic heterocycles. The molecular formula is C21H24ClFN4O2S. The molecule has 2 heterocycles. The van der Waals surface area contributed by atoms with Crippen molar-refractivity contribution in [3.63, 3.8) is 0 Å². The summed E-state index contributed by atoms with van der Waals surface area (Å²) >= 11 is 7.25. The van der Waals surface area contributed by atoms with Gasteiger partial charge in [-0.3, -0.25) is 9.79 Å². The molecule has 0 radical (unpaired) electrons. The second-order valence-corrected chi connectivity index (χ2v) is 9.90. The average Bonchev–Trinajstić information content (AvgIpc) is 2.63. The minimum atomic E-state index is -0.906. The summed E-state index contributed by atoms with van der Waals surface area (Å²) < 4.78 is 20.2. The zero-order valence-electron chi connectivity index (χ0n) is 17.3. The van der Waals surface area contributed by atoms with Crippen molar-refractivity contribution in [2.75, 3.05) is 19.0 Å². The Morgan fingerprint density at radius 1 is 1.40 bits per heavy atom. The van der Waals surface area contributed by atoms with E-state index < -0.39 is 11.4 Å². The SMILES string of the molecule is COC[C@@]1(C)C[C@@](C)(c2cc(NC(=O)c3ccc(Cl)cn3)cc(C)c2F)N=C(N)S1. The number of nitrogens with two attached hydrogens (primary N) is 1. The summed E-state index contributed by atoms with van der Waals surface area (Å²) in [5.74, 6) is -0.788. The van der Waals surface area contributed by atoms with Gasteiger partial charge in [-0.1, -0.05) is 23.4 Å². The first-order chi connectivity index (χ1) is 14.0. The number of hydrogen-bond acceptors (Lipinski definition) is 6. The third kappa shape index (κ3) is 4.77. The van der Waals surface area contributed by atoms with E-state index in [1.165, 1.54) is 24.0 Å². The van der Waals surface area contributed by atoms with Crippen LogP contribution in [0.15, 0.2) is 35.5 Å².